The second-order valence-corrected chi connectivity index (χ2v) is 6.19. The van der Waals surface area contributed by atoms with Crippen LogP contribution in [0.15, 0.2) is 48.5 Å². The number of carbonyl (C=O) groups excluding carboxylic acids is 1. The fourth-order valence-electron chi connectivity index (χ4n) is 2.98. The molecule has 0 saturated heterocycles. The van der Waals surface area contributed by atoms with Gasteiger partial charge in [-0.1, -0.05) is 53.5 Å². The normalized spacial score (nSPS) is 19.4. The first kappa shape index (κ1) is 13.7. The van der Waals surface area contributed by atoms with Crippen molar-refractivity contribution in [2.24, 2.45) is 0 Å². The standard InChI is InChI=1S/C17H12Cl2N2O/c18-12-8-14-15(9-13(12)19)21-16(20-14)6-11(7-17(21)22)10-4-2-1-3-5-10/h1-6,8-9,16,20H,7H2. The van der Waals surface area contributed by atoms with Crippen LogP contribution in [0.4, 0.5) is 11.4 Å². The third-order valence-corrected chi connectivity index (χ3v) is 4.72. The third kappa shape index (κ3) is 2.09. The van der Waals surface area contributed by atoms with Crippen LogP contribution in [-0.2, 0) is 4.79 Å². The lowest BCUT2D eigenvalue weighted by Gasteiger charge is -2.28. The monoisotopic (exact) mass is 330 g/mol. The SMILES string of the molecule is O=C1CC(c2ccccc2)=CC2Nc3cc(Cl)c(Cl)cc3N12. The predicted octanol–water partition coefficient (Wildman–Crippen LogP) is 4.57. The molecule has 0 spiro atoms. The van der Waals surface area contributed by atoms with Crippen LogP contribution in [0.5, 0.6) is 0 Å². The zero-order valence-electron chi connectivity index (χ0n) is 11.5. The van der Waals surface area contributed by atoms with Crippen LogP contribution in [0.2, 0.25) is 10.0 Å². The molecule has 2 aliphatic rings. The number of rotatable bonds is 1. The molecule has 110 valence electrons. The Morgan fingerprint density at radius 3 is 2.59 bits per heavy atom. The van der Waals surface area contributed by atoms with E-state index in [9.17, 15) is 4.79 Å². The molecule has 1 N–H and O–H groups in total. The number of nitrogens with zero attached hydrogens (tertiary/aromatic N) is 1. The summed E-state index contributed by atoms with van der Waals surface area (Å²) in [7, 11) is 0. The van der Waals surface area contributed by atoms with E-state index in [1.54, 1.807) is 17.0 Å². The molecule has 22 heavy (non-hydrogen) atoms. The summed E-state index contributed by atoms with van der Waals surface area (Å²) in [6, 6.07) is 13.5. The number of amides is 1. The van der Waals surface area contributed by atoms with E-state index in [4.69, 9.17) is 23.2 Å². The van der Waals surface area contributed by atoms with Crippen LogP contribution in [0.1, 0.15) is 12.0 Å². The molecule has 0 aliphatic carbocycles. The highest BCUT2D eigenvalue weighted by atomic mass is 35.5. The van der Waals surface area contributed by atoms with Gasteiger partial charge in [0.05, 0.1) is 27.8 Å². The van der Waals surface area contributed by atoms with Crippen molar-refractivity contribution >= 4 is 46.1 Å². The molecule has 0 fully saturated rings. The van der Waals surface area contributed by atoms with Crippen molar-refractivity contribution in [2.45, 2.75) is 12.6 Å². The molecule has 1 amide bonds. The Hall–Kier alpha value is -1.97. The first-order valence-corrected chi connectivity index (χ1v) is 7.73. The maximum absolute atomic E-state index is 12.6. The van der Waals surface area contributed by atoms with Crippen LogP contribution in [0.3, 0.4) is 0 Å². The van der Waals surface area contributed by atoms with Gasteiger partial charge in [0, 0.05) is 0 Å². The molecule has 2 aromatic rings. The minimum Gasteiger partial charge on any atom is -0.360 e. The van der Waals surface area contributed by atoms with Gasteiger partial charge in [-0.2, -0.15) is 0 Å². The highest BCUT2D eigenvalue weighted by Crippen LogP contribution is 2.43. The average Bonchev–Trinajstić information content (AvgIpc) is 2.86. The molecule has 0 radical (unpaired) electrons. The first-order chi connectivity index (χ1) is 10.6. The Labute approximate surface area is 138 Å². The average molecular weight is 331 g/mol. The molecule has 1 atom stereocenters. The lowest BCUT2D eigenvalue weighted by Crippen LogP contribution is -2.42. The van der Waals surface area contributed by atoms with Crippen molar-refractivity contribution in [2.75, 3.05) is 10.2 Å². The van der Waals surface area contributed by atoms with Crippen LogP contribution < -0.4 is 10.2 Å². The molecule has 2 heterocycles. The molecule has 0 saturated carbocycles. The highest BCUT2D eigenvalue weighted by Gasteiger charge is 2.36. The molecular formula is C17H12Cl2N2O. The van der Waals surface area contributed by atoms with Crippen LogP contribution >= 0.6 is 23.2 Å². The Balaban J connectivity index is 1.76. The summed E-state index contributed by atoms with van der Waals surface area (Å²) in [6.45, 7) is 0. The van der Waals surface area contributed by atoms with Crippen molar-refractivity contribution in [3.05, 3.63) is 64.1 Å². The van der Waals surface area contributed by atoms with Crippen LogP contribution in [0, 0.1) is 0 Å². The molecule has 5 heteroatoms. The zero-order valence-corrected chi connectivity index (χ0v) is 13.0. The van der Waals surface area contributed by atoms with Crippen molar-refractivity contribution in [3.8, 4) is 0 Å². The Bertz CT molecular complexity index is 802. The van der Waals surface area contributed by atoms with Gasteiger partial charge in [-0.15, -0.1) is 0 Å². The Morgan fingerprint density at radius 1 is 1.09 bits per heavy atom. The quantitative estimate of drug-likeness (QED) is 0.830. The maximum atomic E-state index is 12.6. The van der Waals surface area contributed by atoms with E-state index >= 15 is 0 Å². The van der Waals surface area contributed by atoms with Crippen LogP contribution in [0.25, 0.3) is 5.57 Å². The maximum Gasteiger partial charge on any atom is 0.233 e. The van der Waals surface area contributed by atoms with Crippen molar-refractivity contribution < 1.29 is 4.79 Å². The van der Waals surface area contributed by atoms with Gasteiger partial charge in [-0.3, -0.25) is 9.69 Å². The van der Waals surface area contributed by atoms with Gasteiger partial charge in [0.2, 0.25) is 5.91 Å². The number of halogens is 2. The molecule has 4 rings (SSSR count). The Kier molecular flexibility index (Phi) is 3.13. The van der Waals surface area contributed by atoms with Crippen LogP contribution in [-0.4, -0.2) is 12.1 Å². The largest absolute Gasteiger partial charge is 0.360 e. The molecular weight excluding hydrogens is 319 g/mol. The Morgan fingerprint density at radius 2 is 1.82 bits per heavy atom. The lowest BCUT2D eigenvalue weighted by atomic mass is 9.98. The lowest BCUT2D eigenvalue weighted by molar-refractivity contribution is -0.117. The second kappa shape index (κ2) is 5.04. The first-order valence-electron chi connectivity index (χ1n) is 6.97. The molecule has 2 aromatic carbocycles. The molecule has 2 aliphatic heterocycles. The van der Waals surface area contributed by atoms with Gasteiger partial charge in [0.25, 0.3) is 0 Å². The topological polar surface area (TPSA) is 32.3 Å². The van der Waals surface area contributed by atoms with Gasteiger partial charge >= 0.3 is 0 Å². The van der Waals surface area contributed by atoms with E-state index in [0.29, 0.717) is 16.5 Å². The number of nitrogens with one attached hydrogen (secondary N) is 1. The summed E-state index contributed by atoms with van der Waals surface area (Å²) < 4.78 is 0. The van der Waals surface area contributed by atoms with Crippen molar-refractivity contribution in [1.29, 1.82) is 0 Å². The smallest absolute Gasteiger partial charge is 0.233 e. The summed E-state index contributed by atoms with van der Waals surface area (Å²) in [6.07, 6.45) is 2.27. The number of hydrogen-bond acceptors (Lipinski definition) is 2. The van der Waals surface area contributed by atoms with Gasteiger partial charge in [-0.25, -0.2) is 0 Å². The summed E-state index contributed by atoms with van der Waals surface area (Å²) in [4.78, 5) is 14.3. The summed E-state index contributed by atoms with van der Waals surface area (Å²) in [5, 5.41) is 4.25. The number of fused-ring (bicyclic) bond motifs is 3. The van der Waals surface area contributed by atoms with Gasteiger partial charge in [0.1, 0.15) is 6.17 Å². The van der Waals surface area contributed by atoms with E-state index in [1.807, 2.05) is 30.3 Å². The summed E-state index contributed by atoms with van der Waals surface area (Å²) in [5.74, 6) is 0.0518. The summed E-state index contributed by atoms with van der Waals surface area (Å²) >= 11 is 12.1. The van der Waals surface area contributed by atoms with Gasteiger partial charge < -0.3 is 5.32 Å². The predicted molar refractivity (Wildman–Crippen MR) is 90.4 cm³/mol. The van der Waals surface area contributed by atoms with E-state index in [1.165, 1.54) is 0 Å². The second-order valence-electron chi connectivity index (χ2n) is 5.37. The van der Waals surface area contributed by atoms with Crippen molar-refractivity contribution in [3.63, 3.8) is 0 Å². The number of benzene rings is 2. The van der Waals surface area contributed by atoms with E-state index in [-0.39, 0.29) is 12.1 Å². The molecule has 1 unspecified atom stereocenters. The molecule has 0 aromatic heterocycles. The van der Waals surface area contributed by atoms with Gasteiger partial charge in [0.15, 0.2) is 0 Å². The van der Waals surface area contributed by atoms with Gasteiger partial charge in [-0.05, 0) is 29.3 Å². The van der Waals surface area contributed by atoms with E-state index < -0.39 is 0 Å². The summed E-state index contributed by atoms with van der Waals surface area (Å²) in [5.41, 5.74) is 3.72. The third-order valence-electron chi connectivity index (χ3n) is 3.99. The number of anilines is 2. The van der Waals surface area contributed by atoms with E-state index in [2.05, 4.69) is 11.4 Å². The number of hydrogen-bond donors (Lipinski definition) is 1. The van der Waals surface area contributed by atoms with E-state index in [0.717, 1.165) is 22.5 Å². The number of carbonyl (C=O) groups is 1. The fraction of sp³-hybridized carbons (Fsp3) is 0.118. The molecule has 0 bridgehead atoms. The fourth-order valence-corrected chi connectivity index (χ4v) is 3.30. The molecule has 3 nitrogen and oxygen atoms in total. The highest BCUT2D eigenvalue weighted by molar-refractivity contribution is 6.42. The minimum atomic E-state index is -0.194. The zero-order chi connectivity index (χ0) is 15.3. The van der Waals surface area contributed by atoms with Crippen molar-refractivity contribution in [1.82, 2.24) is 0 Å². The minimum absolute atomic E-state index is 0.0518.